The van der Waals surface area contributed by atoms with Gasteiger partial charge in [-0.25, -0.2) is 0 Å². The Morgan fingerprint density at radius 3 is 2.05 bits per heavy atom. The van der Waals surface area contributed by atoms with Crippen LogP contribution in [0, 0.1) is 5.92 Å². The molecule has 1 fully saturated rings. The van der Waals surface area contributed by atoms with Gasteiger partial charge in [0.15, 0.2) is 18.3 Å². The maximum atomic E-state index is 13.1. The fourth-order valence-electron chi connectivity index (χ4n) is 3.74. The summed E-state index contributed by atoms with van der Waals surface area (Å²) in [6.45, 7) is 18.7. The van der Waals surface area contributed by atoms with Crippen molar-refractivity contribution in [2.45, 2.75) is 108 Å². The summed E-state index contributed by atoms with van der Waals surface area (Å²) in [6.07, 6.45) is 1.98. The molecule has 9 nitrogen and oxygen atoms in total. The fraction of sp³-hybridized carbons (Fsp3) is 0.731. The maximum Gasteiger partial charge on any atom is 0.303 e. The molecule has 1 saturated heterocycles. The van der Waals surface area contributed by atoms with Gasteiger partial charge in [-0.05, 0) is 51.7 Å². The summed E-state index contributed by atoms with van der Waals surface area (Å²) in [5, 5.41) is 0. The number of carbonyl (C=O) groups is 3. The van der Waals surface area contributed by atoms with Crippen LogP contribution >= 0.6 is 11.8 Å². The molecule has 1 aliphatic rings. The summed E-state index contributed by atoms with van der Waals surface area (Å²) in [6, 6.07) is -0.637. The number of carbonyl (C=O) groups excluding carboxylic acids is 3. The van der Waals surface area contributed by atoms with E-state index in [9.17, 15) is 18.9 Å². The minimum atomic E-state index is -1.51. The van der Waals surface area contributed by atoms with Crippen LogP contribution in [0.15, 0.2) is 25.3 Å². The largest absolute Gasteiger partial charge is 0.598 e. The lowest BCUT2D eigenvalue weighted by Crippen LogP contribution is -2.66. The van der Waals surface area contributed by atoms with Crippen molar-refractivity contribution >= 4 is 41.0 Å². The van der Waals surface area contributed by atoms with Crippen molar-refractivity contribution in [3.05, 3.63) is 25.3 Å². The Hall–Kier alpha value is -1.53. The van der Waals surface area contributed by atoms with Crippen LogP contribution in [0.3, 0.4) is 0 Å². The molecule has 0 aromatic rings. The summed E-state index contributed by atoms with van der Waals surface area (Å²) in [7, 11) is 0. The predicted molar refractivity (Wildman–Crippen MR) is 146 cm³/mol. The van der Waals surface area contributed by atoms with Crippen LogP contribution in [0.1, 0.15) is 67.7 Å². The molecule has 37 heavy (non-hydrogen) atoms. The van der Waals surface area contributed by atoms with Crippen molar-refractivity contribution in [1.29, 1.82) is 0 Å². The van der Waals surface area contributed by atoms with Gasteiger partial charge in [-0.15, -0.1) is 29.6 Å². The molecular formula is C26H43NO8S2. The molecule has 0 saturated carbocycles. The average Bonchev–Trinajstić information content (AvgIpc) is 2.78. The SMILES string of the molecule is C=CCCCCS[C@H]1O[C@H](C(N[S@+]([O-])C(C)(C)C)C(C)C=C)[C@H](OC(C)=O)[C@H](OC(C)=O)[C@H]1OC(C)=O. The number of ether oxygens (including phenoxy) is 4. The van der Waals surface area contributed by atoms with Gasteiger partial charge in [0.2, 0.25) is 0 Å². The predicted octanol–water partition coefficient (Wildman–Crippen LogP) is 3.84. The normalized spacial score (nSPS) is 26.3. The second-order valence-corrected chi connectivity index (χ2v) is 13.2. The summed E-state index contributed by atoms with van der Waals surface area (Å²) in [4.78, 5) is 36.4. The molecule has 1 aliphatic heterocycles. The highest BCUT2D eigenvalue weighted by Crippen LogP contribution is 2.37. The van der Waals surface area contributed by atoms with E-state index in [4.69, 9.17) is 18.9 Å². The summed E-state index contributed by atoms with van der Waals surface area (Å²) in [5.41, 5.74) is -0.738. The number of nitrogens with one attached hydrogen (secondary N) is 1. The van der Waals surface area contributed by atoms with Crippen LogP contribution in [0.4, 0.5) is 0 Å². The van der Waals surface area contributed by atoms with E-state index in [0.29, 0.717) is 5.75 Å². The lowest BCUT2D eigenvalue weighted by Gasteiger charge is -2.47. The van der Waals surface area contributed by atoms with Gasteiger partial charge >= 0.3 is 17.9 Å². The third-order valence-electron chi connectivity index (χ3n) is 5.61. The van der Waals surface area contributed by atoms with Gasteiger partial charge < -0.3 is 23.5 Å². The minimum Gasteiger partial charge on any atom is -0.598 e. The van der Waals surface area contributed by atoms with Crippen molar-refractivity contribution in [2.75, 3.05) is 5.75 Å². The van der Waals surface area contributed by atoms with Gasteiger partial charge in [0.05, 0.1) is 6.04 Å². The third-order valence-corrected chi connectivity index (χ3v) is 8.44. The first-order valence-corrected chi connectivity index (χ1v) is 14.6. The van der Waals surface area contributed by atoms with Crippen LogP contribution < -0.4 is 4.72 Å². The molecule has 0 aliphatic carbocycles. The smallest absolute Gasteiger partial charge is 0.303 e. The highest BCUT2D eigenvalue weighted by Gasteiger charge is 2.55. The number of hydrogen-bond acceptors (Lipinski definition) is 10. The molecule has 212 valence electrons. The van der Waals surface area contributed by atoms with E-state index in [2.05, 4.69) is 17.9 Å². The van der Waals surface area contributed by atoms with Crippen LogP contribution in [-0.4, -0.2) is 68.9 Å². The Labute approximate surface area is 228 Å². The zero-order chi connectivity index (χ0) is 28.3. The number of esters is 3. The highest BCUT2D eigenvalue weighted by molar-refractivity contribution is 7.99. The van der Waals surface area contributed by atoms with Gasteiger partial charge in [0, 0.05) is 32.1 Å². The zero-order valence-corrected chi connectivity index (χ0v) is 24.7. The van der Waals surface area contributed by atoms with Crippen molar-refractivity contribution < 1.29 is 37.9 Å². The number of thioether (sulfide) groups is 1. The standard InChI is InChI=1S/C26H43NO8S2/c1-10-12-13-14-15-36-25-24(34-19(6)30)23(33-18(5)29)22(32-17(4)28)21(35-25)20(16(3)11-2)27-37(31)26(7,8)9/h10-11,16,20-25,27H,1-2,12-15H2,3-9H3/t16?,20?,21-,22+,23+,24-,25-,37-/m1/s1. The Kier molecular flexibility index (Phi) is 14.3. The molecule has 0 aromatic heterocycles. The Balaban J connectivity index is 3.54. The molecule has 0 aromatic carbocycles. The van der Waals surface area contributed by atoms with Crippen LogP contribution in [-0.2, 0) is 44.7 Å². The fourth-order valence-corrected chi connectivity index (χ4v) is 5.90. The Bertz CT molecular complexity index is 787. The minimum absolute atomic E-state index is 0.282. The van der Waals surface area contributed by atoms with Crippen molar-refractivity contribution in [2.24, 2.45) is 5.92 Å². The molecule has 2 unspecified atom stereocenters. The van der Waals surface area contributed by atoms with E-state index in [1.54, 1.807) is 6.08 Å². The quantitative estimate of drug-likeness (QED) is 0.110. The lowest BCUT2D eigenvalue weighted by molar-refractivity contribution is -0.236. The molecule has 0 radical (unpaired) electrons. The van der Waals surface area contributed by atoms with Crippen molar-refractivity contribution in [3.63, 3.8) is 0 Å². The Morgan fingerprint density at radius 1 is 1.03 bits per heavy atom. The van der Waals surface area contributed by atoms with Crippen molar-refractivity contribution in [1.82, 2.24) is 4.72 Å². The van der Waals surface area contributed by atoms with Gasteiger partial charge in [-0.3, -0.25) is 14.4 Å². The van der Waals surface area contributed by atoms with E-state index in [0.717, 1.165) is 19.3 Å². The molecule has 1 rings (SSSR count). The zero-order valence-electron chi connectivity index (χ0n) is 23.0. The highest BCUT2D eigenvalue weighted by atomic mass is 32.2. The number of rotatable bonds is 14. The number of unbranched alkanes of at least 4 members (excludes halogenated alkanes) is 2. The number of allylic oxidation sites excluding steroid dienone is 1. The van der Waals surface area contributed by atoms with E-state index in [1.165, 1.54) is 32.5 Å². The van der Waals surface area contributed by atoms with Gasteiger partial charge in [0.25, 0.3) is 0 Å². The molecule has 1 N–H and O–H groups in total. The second-order valence-electron chi connectivity index (χ2n) is 9.97. The lowest BCUT2D eigenvalue weighted by atomic mass is 9.88. The molecule has 1 heterocycles. The molecule has 8 atom stereocenters. The summed E-state index contributed by atoms with van der Waals surface area (Å²) >= 11 is -0.0871. The first-order valence-electron chi connectivity index (χ1n) is 12.4. The third kappa shape index (κ3) is 11.0. The van der Waals surface area contributed by atoms with Crippen LogP contribution in [0.5, 0.6) is 0 Å². The molecule has 0 amide bonds. The van der Waals surface area contributed by atoms with E-state index in [-0.39, 0.29) is 5.92 Å². The van der Waals surface area contributed by atoms with Crippen molar-refractivity contribution in [3.8, 4) is 0 Å². The molecule has 0 bridgehead atoms. The second kappa shape index (κ2) is 15.8. The van der Waals surface area contributed by atoms with E-state index < -0.39 is 69.9 Å². The van der Waals surface area contributed by atoms with Gasteiger partial charge in [-0.2, -0.15) is 0 Å². The molecule has 0 spiro atoms. The first kappa shape index (κ1) is 33.5. The first-order chi connectivity index (χ1) is 17.2. The topological polar surface area (TPSA) is 123 Å². The average molecular weight is 562 g/mol. The molecular weight excluding hydrogens is 518 g/mol. The summed E-state index contributed by atoms with van der Waals surface area (Å²) in [5.74, 6) is -1.46. The van der Waals surface area contributed by atoms with E-state index in [1.807, 2.05) is 33.8 Å². The van der Waals surface area contributed by atoms with E-state index >= 15 is 0 Å². The van der Waals surface area contributed by atoms with Crippen LogP contribution in [0.2, 0.25) is 0 Å². The summed E-state index contributed by atoms with van der Waals surface area (Å²) < 4.78 is 39.0. The van der Waals surface area contributed by atoms with Crippen LogP contribution in [0.25, 0.3) is 0 Å². The Morgan fingerprint density at radius 2 is 1.57 bits per heavy atom. The monoisotopic (exact) mass is 561 g/mol. The van der Waals surface area contributed by atoms with Gasteiger partial charge in [-0.1, -0.05) is 19.1 Å². The van der Waals surface area contributed by atoms with Gasteiger partial charge in [0.1, 0.15) is 16.3 Å². The number of hydrogen-bond donors (Lipinski definition) is 1. The molecule has 11 heteroatoms. The maximum absolute atomic E-state index is 13.1.